The molecule has 0 bridgehead atoms. The number of amides is 2. The quantitative estimate of drug-likeness (QED) is 0.726. The van der Waals surface area contributed by atoms with Crippen LogP contribution >= 0.6 is 0 Å². The van der Waals surface area contributed by atoms with Gasteiger partial charge in [-0.1, -0.05) is 11.2 Å². The van der Waals surface area contributed by atoms with Crippen molar-refractivity contribution in [1.29, 1.82) is 0 Å². The number of nitrogens with one attached hydrogen (secondary N) is 1. The minimum absolute atomic E-state index is 0.0785. The highest BCUT2D eigenvalue weighted by atomic mass is 19.4. The Morgan fingerprint density at radius 1 is 1.26 bits per heavy atom. The number of hydrogen-bond acceptors (Lipinski definition) is 6. The van der Waals surface area contributed by atoms with Crippen molar-refractivity contribution in [3.05, 3.63) is 35.5 Å². The first kappa shape index (κ1) is 22.5. The molecular formula is C19H20F4N4O4. The first-order valence-corrected chi connectivity index (χ1v) is 9.33. The summed E-state index contributed by atoms with van der Waals surface area (Å²) < 4.78 is 61.5. The van der Waals surface area contributed by atoms with E-state index >= 15 is 0 Å². The Balaban J connectivity index is 1.64. The molecule has 1 atom stereocenters. The van der Waals surface area contributed by atoms with Gasteiger partial charge in [0.2, 0.25) is 5.82 Å². The molecule has 0 saturated carbocycles. The van der Waals surface area contributed by atoms with Gasteiger partial charge in [-0.15, -0.1) is 0 Å². The van der Waals surface area contributed by atoms with E-state index in [1.54, 1.807) is 20.8 Å². The molecular weight excluding hydrogens is 424 g/mol. The van der Waals surface area contributed by atoms with E-state index in [1.165, 1.54) is 11.0 Å². The molecule has 1 fully saturated rings. The van der Waals surface area contributed by atoms with Crippen molar-refractivity contribution >= 4 is 12.0 Å². The number of halogens is 4. The van der Waals surface area contributed by atoms with Gasteiger partial charge in [-0.2, -0.15) is 18.2 Å². The molecule has 12 heteroatoms. The van der Waals surface area contributed by atoms with E-state index in [-0.39, 0.29) is 17.7 Å². The zero-order valence-corrected chi connectivity index (χ0v) is 16.9. The van der Waals surface area contributed by atoms with Crippen LogP contribution in [0.25, 0.3) is 11.4 Å². The molecule has 0 radical (unpaired) electrons. The van der Waals surface area contributed by atoms with Crippen molar-refractivity contribution in [3.63, 3.8) is 0 Å². The Bertz CT molecular complexity index is 984. The van der Waals surface area contributed by atoms with Gasteiger partial charge in [-0.25, -0.2) is 9.18 Å². The number of alkyl halides is 3. The predicted molar refractivity (Wildman–Crippen MR) is 98.4 cm³/mol. The summed E-state index contributed by atoms with van der Waals surface area (Å²) >= 11 is 0. The van der Waals surface area contributed by atoms with E-state index < -0.39 is 47.4 Å². The second-order valence-electron chi connectivity index (χ2n) is 8.00. The molecule has 1 aliphatic rings. The molecule has 1 aliphatic heterocycles. The number of ether oxygens (including phenoxy) is 1. The van der Waals surface area contributed by atoms with Gasteiger partial charge in [0.15, 0.2) is 0 Å². The number of hydrogen-bond donors (Lipinski definition) is 1. The molecule has 1 aromatic carbocycles. The standard InChI is InChI=1S/C19H20F4N4O4/c1-18(2,3)30-17(29)27-7-6-11(9-27)24-15(28)12-5-4-10(8-13(12)20)14-25-16(31-26-14)19(21,22)23/h4-5,8,11H,6-7,9H2,1-3H3,(H,24,28). The number of rotatable bonds is 3. The maximum absolute atomic E-state index is 14.4. The average Bonchev–Trinajstić information content (AvgIpc) is 3.29. The zero-order chi connectivity index (χ0) is 23.0. The maximum Gasteiger partial charge on any atom is 0.471 e. The summed E-state index contributed by atoms with van der Waals surface area (Å²) in [5.41, 5.74) is -1.03. The van der Waals surface area contributed by atoms with Crippen LogP contribution in [0.1, 0.15) is 43.4 Å². The Kier molecular flexibility index (Phi) is 5.92. The predicted octanol–water partition coefficient (Wildman–Crippen LogP) is 3.63. The summed E-state index contributed by atoms with van der Waals surface area (Å²) in [6.07, 6.45) is -4.86. The molecule has 168 valence electrons. The molecule has 8 nitrogen and oxygen atoms in total. The van der Waals surface area contributed by atoms with Gasteiger partial charge < -0.3 is 19.5 Å². The Morgan fingerprint density at radius 3 is 2.55 bits per heavy atom. The summed E-state index contributed by atoms with van der Waals surface area (Å²) in [7, 11) is 0. The summed E-state index contributed by atoms with van der Waals surface area (Å²) in [5, 5.41) is 5.82. The van der Waals surface area contributed by atoms with Crippen LogP contribution in [0.2, 0.25) is 0 Å². The zero-order valence-electron chi connectivity index (χ0n) is 16.9. The molecule has 31 heavy (non-hydrogen) atoms. The van der Waals surface area contributed by atoms with Crippen molar-refractivity contribution in [1.82, 2.24) is 20.4 Å². The Labute approximate surface area is 174 Å². The van der Waals surface area contributed by atoms with Crippen LogP contribution in [-0.2, 0) is 10.9 Å². The number of aromatic nitrogens is 2. The van der Waals surface area contributed by atoms with Crippen LogP contribution in [0, 0.1) is 5.82 Å². The molecule has 2 heterocycles. The maximum atomic E-state index is 14.4. The fourth-order valence-electron chi connectivity index (χ4n) is 2.93. The highest BCUT2D eigenvalue weighted by Crippen LogP contribution is 2.29. The van der Waals surface area contributed by atoms with Crippen LogP contribution in [-0.4, -0.2) is 51.8 Å². The van der Waals surface area contributed by atoms with Crippen molar-refractivity contribution in [2.24, 2.45) is 0 Å². The van der Waals surface area contributed by atoms with Crippen molar-refractivity contribution in [2.75, 3.05) is 13.1 Å². The highest BCUT2D eigenvalue weighted by Gasteiger charge is 2.38. The molecule has 0 spiro atoms. The van der Waals surface area contributed by atoms with E-state index in [9.17, 15) is 27.2 Å². The summed E-state index contributed by atoms with van der Waals surface area (Å²) in [5.74, 6) is -3.69. The number of nitrogens with zero attached hydrogens (tertiary/aromatic N) is 3. The SMILES string of the molecule is CC(C)(C)OC(=O)N1CCC(NC(=O)c2ccc(-c3noc(C(F)(F)F)n3)cc2F)C1. The normalized spacial score (nSPS) is 17.0. The third-order valence-electron chi connectivity index (χ3n) is 4.32. The van der Waals surface area contributed by atoms with Gasteiger partial charge >= 0.3 is 18.2 Å². The number of likely N-dealkylation sites (tertiary alicyclic amines) is 1. The van der Waals surface area contributed by atoms with E-state index in [0.29, 0.717) is 13.0 Å². The molecule has 3 rings (SSSR count). The van der Waals surface area contributed by atoms with E-state index in [4.69, 9.17) is 4.74 Å². The van der Waals surface area contributed by atoms with Gasteiger partial charge in [0.25, 0.3) is 5.91 Å². The highest BCUT2D eigenvalue weighted by molar-refractivity contribution is 5.95. The van der Waals surface area contributed by atoms with Crippen LogP contribution in [0.4, 0.5) is 22.4 Å². The Hall–Kier alpha value is -3.18. The smallest absolute Gasteiger partial charge is 0.444 e. The van der Waals surface area contributed by atoms with E-state index in [2.05, 4.69) is 20.0 Å². The van der Waals surface area contributed by atoms with Crippen LogP contribution in [0.5, 0.6) is 0 Å². The number of carbonyl (C=O) groups is 2. The molecule has 2 aromatic rings. The average molecular weight is 444 g/mol. The van der Waals surface area contributed by atoms with Gasteiger partial charge in [0, 0.05) is 24.7 Å². The summed E-state index contributed by atoms with van der Waals surface area (Å²) in [4.78, 5) is 29.1. The van der Waals surface area contributed by atoms with Crippen LogP contribution in [0.3, 0.4) is 0 Å². The summed E-state index contributed by atoms with van der Waals surface area (Å²) in [6, 6.07) is 2.78. The van der Waals surface area contributed by atoms with Gasteiger partial charge in [-0.3, -0.25) is 4.79 Å². The molecule has 0 aliphatic carbocycles. The molecule has 2 amide bonds. The minimum atomic E-state index is -4.82. The summed E-state index contributed by atoms with van der Waals surface area (Å²) in [6.45, 7) is 5.81. The van der Waals surface area contributed by atoms with E-state index in [1.807, 2.05) is 0 Å². The lowest BCUT2D eigenvalue weighted by molar-refractivity contribution is -0.159. The number of benzene rings is 1. The molecule has 1 saturated heterocycles. The lowest BCUT2D eigenvalue weighted by Gasteiger charge is -2.24. The second kappa shape index (κ2) is 8.16. The van der Waals surface area contributed by atoms with Crippen LogP contribution in [0.15, 0.2) is 22.7 Å². The first-order chi connectivity index (χ1) is 14.3. The third-order valence-corrected chi connectivity index (χ3v) is 4.32. The second-order valence-corrected chi connectivity index (χ2v) is 8.00. The fraction of sp³-hybridized carbons (Fsp3) is 0.474. The van der Waals surface area contributed by atoms with Crippen molar-refractivity contribution in [3.8, 4) is 11.4 Å². The molecule has 1 N–H and O–H groups in total. The minimum Gasteiger partial charge on any atom is -0.444 e. The fourth-order valence-corrected chi connectivity index (χ4v) is 2.93. The van der Waals surface area contributed by atoms with Gasteiger partial charge in [-0.05, 0) is 39.3 Å². The van der Waals surface area contributed by atoms with Crippen molar-refractivity contribution in [2.45, 2.75) is 45.0 Å². The van der Waals surface area contributed by atoms with Crippen molar-refractivity contribution < 1.29 is 36.4 Å². The lowest BCUT2D eigenvalue weighted by atomic mass is 10.1. The monoisotopic (exact) mass is 444 g/mol. The van der Waals surface area contributed by atoms with Crippen LogP contribution < -0.4 is 5.32 Å². The van der Waals surface area contributed by atoms with Gasteiger partial charge in [0.1, 0.15) is 11.4 Å². The van der Waals surface area contributed by atoms with Gasteiger partial charge in [0.05, 0.1) is 5.56 Å². The first-order valence-electron chi connectivity index (χ1n) is 9.33. The molecule has 1 unspecified atom stereocenters. The lowest BCUT2D eigenvalue weighted by Crippen LogP contribution is -2.40. The number of carbonyl (C=O) groups excluding carboxylic acids is 2. The van der Waals surface area contributed by atoms with E-state index in [0.717, 1.165) is 12.1 Å². The molecule has 1 aromatic heterocycles. The Morgan fingerprint density at radius 2 is 1.97 bits per heavy atom. The largest absolute Gasteiger partial charge is 0.471 e. The third kappa shape index (κ3) is 5.50. The topological polar surface area (TPSA) is 97.6 Å².